The standard InChI is InChI=1S/C7H12N2.C5H12O2/c1-2-5-9-6-3-8-4-7-9;1-5(2,3)7-6-4/h1,8H,3-7H2;1-4H3. The van der Waals surface area contributed by atoms with Crippen molar-refractivity contribution in [3.05, 3.63) is 0 Å². The summed E-state index contributed by atoms with van der Waals surface area (Å²) in [5, 5.41) is 3.26. The van der Waals surface area contributed by atoms with Crippen LogP contribution in [-0.4, -0.2) is 50.3 Å². The molecule has 0 saturated carbocycles. The summed E-state index contributed by atoms with van der Waals surface area (Å²) in [7, 11) is 1.51. The third kappa shape index (κ3) is 9.94. The lowest BCUT2D eigenvalue weighted by molar-refractivity contribution is -0.330. The van der Waals surface area contributed by atoms with E-state index in [-0.39, 0.29) is 5.60 Å². The van der Waals surface area contributed by atoms with Gasteiger partial charge in [0.05, 0.1) is 19.3 Å². The van der Waals surface area contributed by atoms with Crippen molar-refractivity contribution in [2.24, 2.45) is 0 Å². The van der Waals surface area contributed by atoms with Crippen LogP contribution >= 0.6 is 0 Å². The lowest BCUT2D eigenvalue weighted by Crippen LogP contribution is -2.43. The third-order valence-electron chi connectivity index (χ3n) is 1.86. The molecule has 1 rings (SSSR count). The van der Waals surface area contributed by atoms with Gasteiger partial charge in [-0.1, -0.05) is 5.92 Å². The van der Waals surface area contributed by atoms with Gasteiger partial charge in [-0.2, -0.15) is 0 Å². The zero-order valence-corrected chi connectivity index (χ0v) is 10.9. The first-order valence-corrected chi connectivity index (χ1v) is 5.58. The molecule has 0 aromatic heterocycles. The Morgan fingerprint density at radius 1 is 1.31 bits per heavy atom. The summed E-state index contributed by atoms with van der Waals surface area (Å²) in [6, 6.07) is 0. The summed E-state index contributed by atoms with van der Waals surface area (Å²) in [4.78, 5) is 11.4. The van der Waals surface area contributed by atoms with Crippen LogP contribution in [0.3, 0.4) is 0 Å². The van der Waals surface area contributed by atoms with Crippen LogP contribution in [0, 0.1) is 12.3 Å². The van der Waals surface area contributed by atoms with E-state index in [0.717, 1.165) is 32.7 Å². The van der Waals surface area contributed by atoms with Crippen molar-refractivity contribution >= 4 is 0 Å². The number of terminal acetylenes is 1. The van der Waals surface area contributed by atoms with Crippen LogP contribution in [0.25, 0.3) is 0 Å². The number of rotatable bonds is 2. The molecule has 4 heteroatoms. The Balaban J connectivity index is 0.000000293. The number of nitrogens with one attached hydrogen (secondary N) is 1. The van der Waals surface area contributed by atoms with Gasteiger partial charge in [0.1, 0.15) is 0 Å². The summed E-state index contributed by atoms with van der Waals surface area (Å²) < 4.78 is 0. The molecule has 1 saturated heterocycles. The normalized spacial score (nSPS) is 17.2. The molecule has 0 radical (unpaired) electrons. The molecule has 16 heavy (non-hydrogen) atoms. The second-order valence-corrected chi connectivity index (χ2v) is 4.59. The van der Waals surface area contributed by atoms with Gasteiger partial charge in [-0.05, 0) is 20.8 Å². The molecule has 0 aromatic rings. The fraction of sp³-hybridized carbons (Fsp3) is 0.833. The Labute approximate surface area is 99.2 Å². The largest absolute Gasteiger partial charge is 0.314 e. The minimum absolute atomic E-state index is 0.172. The molecule has 0 bridgehead atoms. The van der Waals surface area contributed by atoms with Gasteiger partial charge in [0.15, 0.2) is 0 Å². The van der Waals surface area contributed by atoms with Gasteiger partial charge in [0.2, 0.25) is 0 Å². The molecule has 0 atom stereocenters. The van der Waals surface area contributed by atoms with Gasteiger partial charge in [0.25, 0.3) is 0 Å². The fourth-order valence-corrected chi connectivity index (χ4v) is 1.25. The Morgan fingerprint density at radius 2 is 1.88 bits per heavy atom. The molecule has 0 aromatic carbocycles. The Morgan fingerprint density at radius 3 is 2.19 bits per heavy atom. The van der Waals surface area contributed by atoms with Crippen LogP contribution in [0.15, 0.2) is 0 Å². The van der Waals surface area contributed by atoms with Crippen molar-refractivity contribution < 1.29 is 9.78 Å². The summed E-state index contributed by atoms with van der Waals surface area (Å²) in [6.07, 6.45) is 5.15. The van der Waals surface area contributed by atoms with Crippen LogP contribution < -0.4 is 5.32 Å². The van der Waals surface area contributed by atoms with Crippen LogP contribution in [0.2, 0.25) is 0 Å². The predicted molar refractivity (Wildman–Crippen MR) is 66.0 cm³/mol. The zero-order chi connectivity index (χ0) is 12.4. The lowest BCUT2D eigenvalue weighted by Gasteiger charge is -2.24. The number of hydrogen-bond acceptors (Lipinski definition) is 4. The molecule has 94 valence electrons. The van der Waals surface area contributed by atoms with Crippen molar-refractivity contribution in [3.8, 4) is 12.3 Å². The smallest absolute Gasteiger partial charge is 0.0952 e. The van der Waals surface area contributed by atoms with Crippen LogP contribution in [0.1, 0.15) is 20.8 Å². The maximum absolute atomic E-state index is 5.15. The van der Waals surface area contributed by atoms with Gasteiger partial charge in [0, 0.05) is 26.2 Å². The molecule has 1 aliphatic heterocycles. The molecule has 0 spiro atoms. The minimum atomic E-state index is -0.172. The van der Waals surface area contributed by atoms with E-state index in [1.165, 1.54) is 7.11 Å². The van der Waals surface area contributed by atoms with Crippen molar-refractivity contribution in [1.82, 2.24) is 10.2 Å². The summed E-state index contributed by atoms with van der Waals surface area (Å²) in [5.74, 6) is 2.64. The predicted octanol–water partition coefficient (Wildman–Crippen LogP) is 0.888. The molecule has 0 unspecified atom stereocenters. The van der Waals surface area contributed by atoms with Crippen molar-refractivity contribution in [2.75, 3.05) is 39.8 Å². The van der Waals surface area contributed by atoms with Crippen molar-refractivity contribution in [1.29, 1.82) is 0 Å². The number of hydrogen-bond donors (Lipinski definition) is 1. The van der Waals surface area contributed by atoms with E-state index in [4.69, 9.17) is 11.3 Å². The fourth-order valence-electron chi connectivity index (χ4n) is 1.25. The molecule has 1 aliphatic rings. The van der Waals surface area contributed by atoms with E-state index in [1.54, 1.807) is 0 Å². The van der Waals surface area contributed by atoms with Crippen LogP contribution in [0.4, 0.5) is 0 Å². The van der Waals surface area contributed by atoms with E-state index in [9.17, 15) is 0 Å². The quantitative estimate of drug-likeness (QED) is 0.432. The second-order valence-electron chi connectivity index (χ2n) is 4.59. The van der Waals surface area contributed by atoms with Gasteiger partial charge >= 0.3 is 0 Å². The van der Waals surface area contributed by atoms with Crippen molar-refractivity contribution in [2.45, 2.75) is 26.4 Å². The average molecular weight is 228 g/mol. The highest BCUT2D eigenvalue weighted by atomic mass is 17.2. The van der Waals surface area contributed by atoms with Crippen molar-refractivity contribution in [3.63, 3.8) is 0 Å². The molecule has 4 nitrogen and oxygen atoms in total. The summed E-state index contributed by atoms with van der Waals surface area (Å²) in [5.41, 5.74) is -0.172. The maximum atomic E-state index is 5.15. The topological polar surface area (TPSA) is 33.7 Å². The van der Waals surface area contributed by atoms with Crippen LogP contribution in [-0.2, 0) is 9.78 Å². The Kier molecular flexibility index (Phi) is 8.22. The highest BCUT2D eigenvalue weighted by molar-refractivity contribution is 4.89. The minimum Gasteiger partial charge on any atom is -0.314 e. The van der Waals surface area contributed by atoms with Gasteiger partial charge < -0.3 is 5.32 Å². The maximum Gasteiger partial charge on any atom is 0.0952 e. The van der Waals surface area contributed by atoms with E-state index in [0.29, 0.717) is 0 Å². The van der Waals surface area contributed by atoms with E-state index in [1.807, 2.05) is 20.8 Å². The van der Waals surface area contributed by atoms with Gasteiger partial charge in [-0.15, -0.1) is 6.42 Å². The first-order valence-electron chi connectivity index (χ1n) is 5.58. The summed E-state index contributed by atoms with van der Waals surface area (Å²) in [6.45, 7) is 11.0. The van der Waals surface area contributed by atoms with Gasteiger partial charge in [-0.3, -0.25) is 4.90 Å². The first-order chi connectivity index (χ1) is 7.49. The molecular weight excluding hydrogens is 204 g/mol. The molecule has 0 aliphatic carbocycles. The number of piperazine rings is 1. The molecule has 1 N–H and O–H groups in total. The SMILES string of the molecule is C#CCN1CCNCC1.COOC(C)(C)C. The Hall–Kier alpha value is -0.600. The van der Waals surface area contributed by atoms with E-state index >= 15 is 0 Å². The third-order valence-corrected chi connectivity index (χ3v) is 1.86. The lowest BCUT2D eigenvalue weighted by atomic mass is 10.2. The zero-order valence-electron chi connectivity index (χ0n) is 10.9. The van der Waals surface area contributed by atoms with E-state index in [2.05, 4.69) is 21.0 Å². The first kappa shape index (κ1) is 15.4. The average Bonchev–Trinajstić information content (AvgIpc) is 2.19. The molecular formula is C12H24N2O2. The van der Waals surface area contributed by atoms with E-state index < -0.39 is 0 Å². The number of nitrogens with zero attached hydrogens (tertiary/aromatic N) is 1. The summed E-state index contributed by atoms with van der Waals surface area (Å²) >= 11 is 0. The molecule has 1 heterocycles. The van der Waals surface area contributed by atoms with Crippen LogP contribution in [0.5, 0.6) is 0 Å². The Bertz CT molecular complexity index is 200. The molecule has 0 amide bonds. The van der Waals surface area contributed by atoms with Gasteiger partial charge in [-0.25, -0.2) is 9.78 Å². The molecule has 1 fully saturated rings. The highest BCUT2D eigenvalue weighted by Gasteiger charge is 2.09. The second kappa shape index (κ2) is 8.54. The highest BCUT2D eigenvalue weighted by Crippen LogP contribution is 2.04. The monoisotopic (exact) mass is 228 g/mol.